The average molecular weight is 352 g/mol. The fourth-order valence-corrected chi connectivity index (χ4v) is 2.68. The van der Waals surface area contributed by atoms with E-state index in [0.717, 1.165) is 0 Å². The molecule has 1 amide bonds. The minimum atomic E-state index is -0.353. The number of halogens is 1. The number of nitrogens with one attached hydrogen (secondary N) is 1. The Balaban J connectivity index is 2.44. The lowest BCUT2D eigenvalue weighted by Crippen LogP contribution is -2.41. The standard InChI is InChI=1S/C17H22ClN3O3/c1-4-12(9-22)19-15(23)8-21-17(24)13-6-5-11(18)7-14(13)16(20-21)10(2)3/h5-7,10,12,22H,4,8-9H2,1-3H3,(H,19,23). The molecule has 0 radical (unpaired) electrons. The Labute approximate surface area is 145 Å². The van der Waals surface area contributed by atoms with Crippen LogP contribution in [0, 0.1) is 0 Å². The third kappa shape index (κ3) is 3.94. The summed E-state index contributed by atoms with van der Waals surface area (Å²) in [6.45, 7) is 5.47. The van der Waals surface area contributed by atoms with Crippen molar-refractivity contribution in [2.45, 2.75) is 45.7 Å². The SMILES string of the molecule is CCC(CO)NC(=O)Cn1nc(C(C)C)c2cc(Cl)ccc2c1=O. The number of hydrogen-bond donors (Lipinski definition) is 2. The molecule has 1 atom stereocenters. The predicted octanol–water partition coefficient (Wildman–Crippen LogP) is 2.06. The number of aromatic nitrogens is 2. The third-order valence-electron chi connectivity index (χ3n) is 3.87. The van der Waals surface area contributed by atoms with E-state index < -0.39 is 0 Å². The van der Waals surface area contributed by atoms with Crippen LogP contribution in [0.1, 0.15) is 38.8 Å². The molecule has 0 saturated carbocycles. The molecular weight excluding hydrogens is 330 g/mol. The van der Waals surface area contributed by atoms with Gasteiger partial charge >= 0.3 is 0 Å². The van der Waals surface area contributed by atoms with E-state index in [1.165, 1.54) is 4.68 Å². The van der Waals surface area contributed by atoms with Crippen molar-refractivity contribution in [2.75, 3.05) is 6.61 Å². The van der Waals surface area contributed by atoms with Crippen molar-refractivity contribution in [3.63, 3.8) is 0 Å². The molecule has 24 heavy (non-hydrogen) atoms. The molecule has 2 aromatic rings. The Kier molecular flexibility index (Phi) is 5.96. The number of nitrogens with zero attached hydrogens (tertiary/aromatic N) is 2. The molecule has 1 aromatic heterocycles. The van der Waals surface area contributed by atoms with Crippen LogP contribution in [-0.4, -0.2) is 33.4 Å². The number of carbonyl (C=O) groups excluding carboxylic acids is 1. The number of aliphatic hydroxyl groups excluding tert-OH is 1. The van der Waals surface area contributed by atoms with E-state index >= 15 is 0 Å². The summed E-state index contributed by atoms with van der Waals surface area (Å²) in [6, 6.07) is 4.71. The lowest BCUT2D eigenvalue weighted by Gasteiger charge is -2.16. The van der Waals surface area contributed by atoms with Gasteiger partial charge in [-0.3, -0.25) is 9.59 Å². The van der Waals surface area contributed by atoms with Crippen LogP contribution in [0.3, 0.4) is 0 Å². The highest BCUT2D eigenvalue weighted by Gasteiger charge is 2.16. The van der Waals surface area contributed by atoms with Gasteiger partial charge in [0.15, 0.2) is 0 Å². The first-order chi connectivity index (χ1) is 11.4. The van der Waals surface area contributed by atoms with Crippen LogP contribution >= 0.6 is 11.6 Å². The maximum atomic E-state index is 12.6. The molecule has 130 valence electrons. The van der Waals surface area contributed by atoms with Crippen LogP contribution in [0.2, 0.25) is 5.02 Å². The Morgan fingerprint density at radius 3 is 2.67 bits per heavy atom. The smallest absolute Gasteiger partial charge is 0.275 e. The van der Waals surface area contributed by atoms with Crippen LogP contribution < -0.4 is 10.9 Å². The average Bonchev–Trinajstić information content (AvgIpc) is 2.54. The lowest BCUT2D eigenvalue weighted by molar-refractivity contribution is -0.123. The van der Waals surface area contributed by atoms with Gasteiger partial charge in [-0.25, -0.2) is 4.68 Å². The minimum absolute atomic E-state index is 0.0710. The second kappa shape index (κ2) is 7.77. The van der Waals surface area contributed by atoms with Crippen LogP contribution in [0.4, 0.5) is 0 Å². The number of hydrogen-bond acceptors (Lipinski definition) is 4. The maximum Gasteiger partial charge on any atom is 0.275 e. The van der Waals surface area contributed by atoms with Crippen molar-refractivity contribution >= 4 is 28.3 Å². The van der Waals surface area contributed by atoms with Crippen molar-refractivity contribution in [2.24, 2.45) is 0 Å². The molecule has 2 N–H and O–H groups in total. The van der Waals surface area contributed by atoms with Crippen LogP contribution in [0.25, 0.3) is 10.8 Å². The van der Waals surface area contributed by atoms with Crippen LogP contribution in [0.5, 0.6) is 0 Å². The number of carbonyl (C=O) groups is 1. The molecule has 0 aliphatic heterocycles. The highest BCUT2D eigenvalue weighted by atomic mass is 35.5. The Morgan fingerprint density at radius 2 is 2.08 bits per heavy atom. The zero-order chi connectivity index (χ0) is 17.9. The molecule has 1 unspecified atom stereocenters. The summed E-state index contributed by atoms with van der Waals surface area (Å²) in [5, 5.41) is 18.0. The molecule has 1 heterocycles. The van der Waals surface area contributed by atoms with Crippen molar-refractivity contribution < 1.29 is 9.90 Å². The monoisotopic (exact) mass is 351 g/mol. The van der Waals surface area contributed by atoms with Gasteiger partial charge in [0.25, 0.3) is 5.56 Å². The van der Waals surface area contributed by atoms with E-state index in [0.29, 0.717) is 27.9 Å². The Morgan fingerprint density at radius 1 is 1.38 bits per heavy atom. The summed E-state index contributed by atoms with van der Waals surface area (Å²) < 4.78 is 1.17. The molecule has 2 rings (SSSR count). The molecule has 0 aliphatic carbocycles. The van der Waals surface area contributed by atoms with Gasteiger partial charge in [-0.2, -0.15) is 5.10 Å². The largest absolute Gasteiger partial charge is 0.394 e. The first kappa shape index (κ1) is 18.4. The zero-order valence-corrected chi connectivity index (χ0v) is 14.8. The molecule has 0 saturated heterocycles. The molecule has 6 nitrogen and oxygen atoms in total. The third-order valence-corrected chi connectivity index (χ3v) is 4.10. The van der Waals surface area contributed by atoms with Crippen LogP contribution in [0.15, 0.2) is 23.0 Å². The van der Waals surface area contributed by atoms with Gasteiger partial charge in [-0.15, -0.1) is 0 Å². The van der Waals surface area contributed by atoms with E-state index in [-0.39, 0.29) is 36.6 Å². The Hall–Kier alpha value is -1.92. The first-order valence-electron chi connectivity index (χ1n) is 7.97. The zero-order valence-electron chi connectivity index (χ0n) is 14.0. The van der Waals surface area contributed by atoms with E-state index in [1.807, 2.05) is 20.8 Å². The van der Waals surface area contributed by atoms with Crippen molar-refractivity contribution in [3.05, 3.63) is 39.3 Å². The number of benzene rings is 1. The number of rotatable bonds is 6. The quantitative estimate of drug-likeness (QED) is 0.834. The van der Waals surface area contributed by atoms with E-state index in [9.17, 15) is 9.59 Å². The fraction of sp³-hybridized carbons (Fsp3) is 0.471. The summed E-state index contributed by atoms with van der Waals surface area (Å²) in [5.74, 6) is -0.282. The number of aliphatic hydroxyl groups is 1. The second-order valence-corrected chi connectivity index (χ2v) is 6.48. The van der Waals surface area contributed by atoms with Gasteiger partial charge in [0.1, 0.15) is 6.54 Å². The lowest BCUT2D eigenvalue weighted by atomic mass is 10.0. The van der Waals surface area contributed by atoms with E-state index in [4.69, 9.17) is 16.7 Å². The van der Waals surface area contributed by atoms with Crippen molar-refractivity contribution in [1.82, 2.24) is 15.1 Å². The highest BCUT2D eigenvalue weighted by molar-refractivity contribution is 6.31. The Bertz CT molecular complexity index is 798. The van der Waals surface area contributed by atoms with Gasteiger partial charge in [0, 0.05) is 10.4 Å². The second-order valence-electron chi connectivity index (χ2n) is 6.05. The fourth-order valence-electron chi connectivity index (χ4n) is 2.50. The summed E-state index contributed by atoms with van der Waals surface area (Å²) >= 11 is 6.04. The molecule has 0 aliphatic rings. The topological polar surface area (TPSA) is 84.2 Å². The molecule has 0 bridgehead atoms. The number of fused-ring (bicyclic) bond motifs is 1. The normalized spacial score (nSPS) is 12.6. The maximum absolute atomic E-state index is 12.6. The van der Waals surface area contributed by atoms with E-state index in [2.05, 4.69) is 10.4 Å². The summed E-state index contributed by atoms with van der Waals surface area (Å²) in [6.07, 6.45) is 0.609. The highest BCUT2D eigenvalue weighted by Crippen LogP contribution is 2.24. The minimum Gasteiger partial charge on any atom is -0.394 e. The first-order valence-corrected chi connectivity index (χ1v) is 8.35. The summed E-state index contributed by atoms with van der Waals surface area (Å²) in [4.78, 5) is 24.7. The van der Waals surface area contributed by atoms with E-state index in [1.54, 1.807) is 18.2 Å². The molecule has 0 spiro atoms. The van der Waals surface area contributed by atoms with Crippen molar-refractivity contribution in [1.29, 1.82) is 0 Å². The molecule has 7 heteroatoms. The van der Waals surface area contributed by atoms with Crippen molar-refractivity contribution in [3.8, 4) is 0 Å². The molecule has 0 fully saturated rings. The van der Waals surface area contributed by atoms with Gasteiger partial charge in [0.05, 0.1) is 23.7 Å². The predicted molar refractivity (Wildman–Crippen MR) is 94.4 cm³/mol. The summed E-state index contributed by atoms with van der Waals surface area (Å²) in [5.41, 5.74) is 0.382. The summed E-state index contributed by atoms with van der Waals surface area (Å²) in [7, 11) is 0. The van der Waals surface area contributed by atoms with Crippen LogP contribution in [-0.2, 0) is 11.3 Å². The van der Waals surface area contributed by atoms with Gasteiger partial charge < -0.3 is 10.4 Å². The van der Waals surface area contributed by atoms with Gasteiger partial charge in [-0.1, -0.05) is 32.4 Å². The number of amides is 1. The molecular formula is C17H22ClN3O3. The molecule has 1 aromatic carbocycles. The van der Waals surface area contributed by atoms with Gasteiger partial charge in [-0.05, 0) is 30.5 Å². The van der Waals surface area contributed by atoms with Gasteiger partial charge in [0.2, 0.25) is 5.91 Å².